The number of halogens is 2. The quantitative estimate of drug-likeness (QED) is 0.919. The summed E-state index contributed by atoms with van der Waals surface area (Å²) in [5.74, 6) is 0. The van der Waals surface area contributed by atoms with E-state index in [2.05, 4.69) is 10.3 Å². The highest BCUT2D eigenvalue weighted by atomic mass is 35.5. The Morgan fingerprint density at radius 1 is 1.17 bits per heavy atom. The molecular weight excluding hydrogens is 267 g/mol. The molecule has 2 nitrogen and oxygen atoms in total. The van der Waals surface area contributed by atoms with Crippen molar-refractivity contribution in [3.63, 3.8) is 0 Å². The Labute approximate surface area is 117 Å². The maximum Gasteiger partial charge on any atom is 0.0766 e. The van der Waals surface area contributed by atoms with E-state index in [0.717, 1.165) is 16.8 Å². The van der Waals surface area contributed by atoms with Crippen LogP contribution in [0.1, 0.15) is 22.9 Å². The van der Waals surface area contributed by atoms with Crippen LogP contribution in [0.3, 0.4) is 0 Å². The first-order valence-electron chi connectivity index (χ1n) is 5.68. The van der Waals surface area contributed by atoms with Gasteiger partial charge in [-0.05, 0) is 37.2 Å². The molecule has 0 amide bonds. The summed E-state index contributed by atoms with van der Waals surface area (Å²) in [6.45, 7) is 2.03. The number of benzene rings is 1. The number of aromatic nitrogens is 1. The van der Waals surface area contributed by atoms with Gasteiger partial charge < -0.3 is 5.32 Å². The lowest BCUT2D eigenvalue weighted by atomic mass is 10.00. The van der Waals surface area contributed by atoms with Crippen LogP contribution < -0.4 is 5.32 Å². The molecule has 0 aliphatic carbocycles. The Kier molecular flexibility index (Phi) is 4.23. The van der Waals surface area contributed by atoms with Crippen LogP contribution in [0.5, 0.6) is 0 Å². The zero-order chi connectivity index (χ0) is 13.1. The molecule has 0 saturated carbocycles. The van der Waals surface area contributed by atoms with Gasteiger partial charge in [-0.25, -0.2) is 0 Å². The van der Waals surface area contributed by atoms with Gasteiger partial charge in [0, 0.05) is 6.20 Å². The van der Waals surface area contributed by atoms with Crippen LogP contribution in [0, 0.1) is 6.92 Å². The summed E-state index contributed by atoms with van der Waals surface area (Å²) < 4.78 is 0. The van der Waals surface area contributed by atoms with Crippen LogP contribution >= 0.6 is 23.2 Å². The number of nitrogens with one attached hydrogen (secondary N) is 1. The number of nitrogens with zero attached hydrogens (tertiary/aromatic N) is 1. The van der Waals surface area contributed by atoms with Gasteiger partial charge in [-0.3, -0.25) is 4.98 Å². The van der Waals surface area contributed by atoms with Crippen LogP contribution in [0.4, 0.5) is 0 Å². The molecule has 1 atom stereocenters. The topological polar surface area (TPSA) is 24.9 Å². The Bertz CT molecular complexity index is 555. The summed E-state index contributed by atoms with van der Waals surface area (Å²) in [5, 5.41) is 4.37. The lowest BCUT2D eigenvalue weighted by Gasteiger charge is -2.19. The van der Waals surface area contributed by atoms with Crippen LogP contribution in [0.15, 0.2) is 36.5 Å². The van der Waals surface area contributed by atoms with Crippen LogP contribution in [-0.4, -0.2) is 12.0 Å². The van der Waals surface area contributed by atoms with Crippen molar-refractivity contribution in [2.45, 2.75) is 13.0 Å². The van der Waals surface area contributed by atoms with E-state index in [1.807, 2.05) is 38.2 Å². The SMILES string of the molecule is CNC(c1cccc(Cl)c1Cl)c1ncccc1C. The van der Waals surface area contributed by atoms with Gasteiger partial charge in [-0.2, -0.15) is 0 Å². The van der Waals surface area contributed by atoms with Crippen LogP contribution in [0.25, 0.3) is 0 Å². The van der Waals surface area contributed by atoms with Gasteiger partial charge in [0.25, 0.3) is 0 Å². The third-order valence-electron chi connectivity index (χ3n) is 2.90. The average molecular weight is 281 g/mol. The minimum absolute atomic E-state index is 0.0580. The largest absolute Gasteiger partial charge is 0.308 e. The Hall–Kier alpha value is -1.09. The van der Waals surface area contributed by atoms with Crippen molar-refractivity contribution >= 4 is 23.2 Å². The fourth-order valence-electron chi connectivity index (χ4n) is 1.98. The molecule has 1 heterocycles. The molecule has 94 valence electrons. The Balaban J connectivity index is 2.53. The van der Waals surface area contributed by atoms with Crippen molar-refractivity contribution in [3.05, 3.63) is 63.4 Å². The molecule has 0 radical (unpaired) electrons. The molecule has 1 unspecified atom stereocenters. The predicted molar refractivity (Wildman–Crippen MR) is 76.3 cm³/mol. The Morgan fingerprint density at radius 3 is 2.61 bits per heavy atom. The summed E-state index contributed by atoms with van der Waals surface area (Å²) in [7, 11) is 1.88. The second-order valence-electron chi connectivity index (χ2n) is 4.07. The first-order valence-corrected chi connectivity index (χ1v) is 6.43. The van der Waals surface area contributed by atoms with Gasteiger partial charge in [-0.15, -0.1) is 0 Å². The monoisotopic (exact) mass is 280 g/mol. The van der Waals surface area contributed by atoms with Crippen molar-refractivity contribution in [1.29, 1.82) is 0 Å². The minimum atomic E-state index is -0.0580. The summed E-state index contributed by atoms with van der Waals surface area (Å²) in [4.78, 5) is 4.43. The van der Waals surface area contributed by atoms with E-state index < -0.39 is 0 Å². The van der Waals surface area contributed by atoms with Crippen molar-refractivity contribution in [3.8, 4) is 0 Å². The molecule has 4 heteroatoms. The normalized spacial score (nSPS) is 12.4. The summed E-state index contributed by atoms with van der Waals surface area (Å²) in [5.41, 5.74) is 3.02. The molecular formula is C14H14Cl2N2. The summed E-state index contributed by atoms with van der Waals surface area (Å²) in [6.07, 6.45) is 1.78. The van der Waals surface area contributed by atoms with E-state index in [-0.39, 0.29) is 6.04 Å². The number of hydrogen-bond acceptors (Lipinski definition) is 2. The third kappa shape index (κ3) is 2.51. The lowest BCUT2D eigenvalue weighted by Crippen LogP contribution is -2.20. The van der Waals surface area contributed by atoms with Crippen molar-refractivity contribution in [1.82, 2.24) is 10.3 Å². The molecule has 1 aromatic carbocycles. The lowest BCUT2D eigenvalue weighted by molar-refractivity contribution is 0.666. The predicted octanol–water partition coefficient (Wildman–Crippen LogP) is 4.01. The third-order valence-corrected chi connectivity index (χ3v) is 3.74. The highest BCUT2D eigenvalue weighted by Gasteiger charge is 2.19. The van der Waals surface area contributed by atoms with Crippen LogP contribution in [0.2, 0.25) is 10.0 Å². The molecule has 2 aromatic rings. The van der Waals surface area contributed by atoms with E-state index in [1.165, 1.54) is 0 Å². The first-order chi connectivity index (χ1) is 8.65. The molecule has 0 aliphatic heterocycles. The van der Waals surface area contributed by atoms with E-state index in [0.29, 0.717) is 10.0 Å². The van der Waals surface area contributed by atoms with Gasteiger partial charge in [0.15, 0.2) is 0 Å². The van der Waals surface area contributed by atoms with Gasteiger partial charge in [0.05, 0.1) is 21.8 Å². The molecule has 0 fully saturated rings. The Morgan fingerprint density at radius 2 is 1.94 bits per heavy atom. The molecule has 18 heavy (non-hydrogen) atoms. The van der Waals surface area contributed by atoms with E-state index in [1.54, 1.807) is 12.3 Å². The highest BCUT2D eigenvalue weighted by molar-refractivity contribution is 6.42. The zero-order valence-electron chi connectivity index (χ0n) is 10.2. The average Bonchev–Trinajstić information content (AvgIpc) is 2.37. The standard InChI is InChI=1S/C14H14Cl2N2/c1-9-5-4-8-18-13(9)14(17-2)10-6-3-7-11(15)12(10)16/h3-8,14,17H,1-2H3. The molecule has 1 N–H and O–H groups in total. The molecule has 0 aliphatic rings. The maximum absolute atomic E-state index is 6.27. The van der Waals surface area contributed by atoms with E-state index in [4.69, 9.17) is 23.2 Å². The maximum atomic E-state index is 6.27. The smallest absolute Gasteiger partial charge is 0.0766 e. The van der Waals surface area contributed by atoms with Gasteiger partial charge in [0.1, 0.15) is 0 Å². The van der Waals surface area contributed by atoms with Crippen molar-refractivity contribution in [2.75, 3.05) is 7.05 Å². The number of pyridine rings is 1. The molecule has 1 aromatic heterocycles. The second kappa shape index (κ2) is 5.70. The highest BCUT2D eigenvalue weighted by Crippen LogP contribution is 2.33. The minimum Gasteiger partial charge on any atom is -0.308 e. The number of aryl methyl sites for hydroxylation is 1. The molecule has 2 rings (SSSR count). The molecule has 0 spiro atoms. The fourth-order valence-corrected chi connectivity index (χ4v) is 2.40. The van der Waals surface area contributed by atoms with Gasteiger partial charge in [-0.1, -0.05) is 41.4 Å². The second-order valence-corrected chi connectivity index (χ2v) is 4.86. The number of hydrogen-bond donors (Lipinski definition) is 1. The van der Waals surface area contributed by atoms with Crippen molar-refractivity contribution in [2.24, 2.45) is 0 Å². The zero-order valence-corrected chi connectivity index (χ0v) is 11.8. The van der Waals surface area contributed by atoms with Gasteiger partial charge >= 0.3 is 0 Å². The summed E-state index contributed by atoms with van der Waals surface area (Å²) >= 11 is 12.3. The van der Waals surface area contributed by atoms with E-state index >= 15 is 0 Å². The molecule has 0 saturated heterocycles. The summed E-state index contributed by atoms with van der Waals surface area (Å²) in [6, 6.07) is 9.54. The molecule has 0 bridgehead atoms. The van der Waals surface area contributed by atoms with Gasteiger partial charge in [0.2, 0.25) is 0 Å². The van der Waals surface area contributed by atoms with Crippen molar-refractivity contribution < 1.29 is 0 Å². The fraction of sp³-hybridized carbons (Fsp3) is 0.214. The number of rotatable bonds is 3. The van der Waals surface area contributed by atoms with Crippen LogP contribution in [-0.2, 0) is 0 Å². The first kappa shape index (κ1) is 13.3. The van der Waals surface area contributed by atoms with E-state index in [9.17, 15) is 0 Å².